The lowest BCUT2D eigenvalue weighted by Gasteiger charge is -2.05. The van der Waals surface area contributed by atoms with Gasteiger partial charge in [0.05, 0.1) is 10.2 Å². The summed E-state index contributed by atoms with van der Waals surface area (Å²) in [4.78, 5) is 4.86. The summed E-state index contributed by atoms with van der Waals surface area (Å²) in [6.45, 7) is 0.846. The average Bonchev–Trinajstić information content (AvgIpc) is 3.25. The number of hydrogen-bond donors (Lipinski definition) is 0. The zero-order valence-electron chi connectivity index (χ0n) is 13.9. The van der Waals surface area contributed by atoms with Crippen molar-refractivity contribution in [1.29, 1.82) is 0 Å². The van der Waals surface area contributed by atoms with Gasteiger partial charge in [0.1, 0.15) is 5.01 Å². The number of thiazole rings is 1. The van der Waals surface area contributed by atoms with Crippen molar-refractivity contribution in [1.82, 2.24) is 9.55 Å². The van der Waals surface area contributed by atoms with E-state index >= 15 is 0 Å². The van der Waals surface area contributed by atoms with Gasteiger partial charge in [-0.1, -0.05) is 58.4 Å². The van der Waals surface area contributed by atoms with E-state index in [1.807, 2.05) is 6.07 Å². The molecule has 0 atom stereocenters. The Bertz CT molecular complexity index is 1190. The third kappa shape index (κ3) is 2.75. The maximum atomic E-state index is 4.86. The maximum absolute atomic E-state index is 4.86. The molecule has 0 saturated carbocycles. The highest BCUT2D eigenvalue weighted by atomic mass is 79.9. The van der Waals surface area contributed by atoms with Crippen molar-refractivity contribution in [3.8, 4) is 10.6 Å². The summed E-state index contributed by atoms with van der Waals surface area (Å²) in [6, 6.07) is 25.4. The molecule has 2 nitrogen and oxygen atoms in total. The zero-order chi connectivity index (χ0) is 17.5. The fraction of sp³-hybridized carbons (Fsp3) is 0.0455. The van der Waals surface area contributed by atoms with Crippen LogP contribution in [0.3, 0.4) is 0 Å². The molecule has 126 valence electrons. The molecule has 0 fully saturated rings. The van der Waals surface area contributed by atoms with E-state index in [9.17, 15) is 0 Å². The van der Waals surface area contributed by atoms with Crippen LogP contribution in [0.1, 0.15) is 5.56 Å². The third-order valence-electron chi connectivity index (χ3n) is 4.58. The summed E-state index contributed by atoms with van der Waals surface area (Å²) >= 11 is 5.26. The normalized spacial score (nSPS) is 11.4. The molecule has 0 aliphatic heterocycles. The van der Waals surface area contributed by atoms with Gasteiger partial charge in [-0.15, -0.1) is 11.3 Å². The molecule has 0 radical (unpaired) electrons. The molecule has 0 saturated heterocycles. The smallest absolute Gasteiger partial charge is 0.126 e. The van der Waals surface area contributed by atoms with Crippen molar-refractivity contribution in [3.63, 3.8) is 0 Å². The summed E-state index contributed by atoms with van der Waals surface area (Å²) in [7, 11) is 0. The summed E-state index contributed by atoms with van der Waals surface area (Å²) in [5.74, 6) is 0. The van der Waals surface area contributed by atoms with E-state index in [2.05, 4.69) is 93.4 Å². The Morgan fingerprint density at radius 3 is 2.50 bits per heavy atom. The first-order valence-corrected chi connectivity index (χ1v) is 10.1. The minimum Gasteiger partial charge on any atom is -0.342 e. The largest absolute Gasteiger partial charge is 0.342 e. The van der Waals surface area contributed by atoms with Gasteiger partial charge in [0, 0.05) is 33.7 Å². The van der Waals surface area contributed by atoms with Crippen LogP contribution in [0.2, 0.25) is 0 Å². The molecule has 3 aromatic carbocycles. The topological polar surface area (TPSA) is 17.8 Å². The van der Waals surface area contributed by atoms with Gasteiger partial charge in [-0.05, 0) is 35.9 Å². The van der Waals surface area contributed by atoms with E-state index < -0.39 is 0 Å². The number of hydrogen-bond acceptors (Lipinski definition) is 2. The molecule has 0 amide bonds. The molecule has 26 heavy (non-hydrogen) atoms. The summed E-state index contributed by atoms with van der Waals surface area (Å²) in [5, 5.41) is 2.33. The third-order valence-corrected chi connectivity index (χ3v) is 6.18. The molecule has 0 N–H and O–H groups in total. The van der Waals surface area contributed by atoms with Crippen LogP contribution < -0.4 is 0 Å². The number of aromatic nitrogens is 2. The van der Waals surface area contributed by atoms with Crippen molar-refractivity contribution in [2.24, 2.45) is 0 Å². The zero-order valence-corrected chi connectivity index (χ0v) is 16.3. The molecular weight excluding hydrogens is 404 g/mol. The molecule has 0 aliphatic rings. The van der Waals surface area contributed by atoms with Gasteiger partial charge < -0.3 is 4.57 Å². The summed E-state index contributed by atoms with van der Waals surface area (Å²) < 4.78 is 4.65. The molecular formula is C22H15BrN2S. The Morgan fingerprint density at radius 1 is 0.885 bits per heavy atom. The lowest BCUT2D eigenvalue weighted by molar-refractivity contribution is 0.837. The Hall–Kier alpha value is -2.43. The molecule has 5 aromatic rings. The van der Waals surface area contributed by atoms with Gasteiger partial charge in [0.2, 0.25) is 0 Å². The van der Waals surface area contributed by atoms with Crippen molar-refractivity contribution in [2.75, 3.05) is 0 Å². The fourth-order valence-corrected chi connectivity index (χ4v) is 4.58. The fourth-order valence-electron chi connectivity index (χ4n) is 3.32. The lowest BCUT2D eigenvalue weighted by Crippen LogP contribution is -1.97. The van der Waals surface area contributed by atoms with E-state index in [0.717, 1.165) is 21.5 Å². The second kappa shape index (κ2) is 6.38. The Labute approximate surface area is 163 Å². The van der Waals surface area contributed by atoms with Crippen LogP contribution in [0.5, 0.6) is 0 Å². The van der Waals surface area contributed by atoms with Gasteiger partial charge in [0.25, 0.3) is 0 Å². The minimum atomic E-state index is 0.846. The first-order chi connectivity index (χ1) is 12.8. The van der Waals surface area contributed by atoms with Crippen LogP contribution in [0.15, 0.2) is 83.5 Å². The van der Waals surface area contributed by atoms with Crippen molar-refractivity contribution in [3.05, 3.63) is 89.0 Å². The predicted molar refractivity (Wildman–Crippen MR) is 114 cm³/mol. The lowest BCUT2D eigenvalue weighted by atomic mass is 10.2. The standard InChI is InChI=1S/C22H15BrN2S/c23-16-11-9-15(10-12-16)13-25-14-18(17-5-1-3-7-20(17)25)22-24-19-6-2-4-8-21(19)26-22/h1-12,14H,13H2. The van der Waals surface area contributed by atoms with Crippen LogP contribution in [-0.2, 0) is 6.54 Å². The second-order valence-corrected chi connectivity index (χ2v) is 8.25. The van der Waals surface area contributed by atoms with Crippen molar-refractivity contribution in [2.45, 2.75) is 6.54 Å². The maximum Gasteiger partial charge on any atom is 0.126 e. The highest BCUT2D eigenvalue weighted by Gasteiger charge is 2.14. The molecule has 0 unspecified atom stereocenters. The predicted octanol–water partition coefficient (Wildman–Crippen LogP) is 6.73. The summed E-state index contributed by atoms with van der Waals surface area (Å²) in [6.07, 6.45) is 2.24. The summed E-state index contributed by atoms with van der Waals surface area (Å²) in [5.41, 5.74) is 4.80. The van der Waals surface area contributed by atoms with E-state index in [1.165, 1.54) is 26.7 Å². The van der Waals surface area contributed by atoms with Gasteiger partial charge in [-0.25, -0.2) is 4.98 Å². The first-order valence-electron chi connectivity index (χ1n) is 8.46. The SMILES string of the molecule is Brc1ccc(Cn2cc(-c3nc4ccccc4s3)c3ccccc32)cc1. The first kappa shape index (κ1) is 15.8. The Morgan fingerprint density at radius 2 is 1.65 bits per heavy atom. The van der Waals surface area contributed by atoms with Crippen molar-refractivity contribution >= 4 is 48.4 Å². The number of nitrogens with zero attached hydrogens (tertiary/aromatic N) is 2. The van der Waals surface area contributed by atoms with E-state index in [1.54, 1.807) is 11.3 Å². The quantitative estimate of drug-likeness (QED) is 0.317. The molecule has 0 bridgehead atoms. The highest BCUT2D eigenvalue weighted by Crippen LogP contribution is 2.36. The van der Waals surface area contributed by atoms with E-state index in [0.29, 0.717) is 0 Å². The Balaban J connectivity index is 1.65. The monoisotopic (exact) mass is 418 g/mol. The van der Waals surface area contributed by atoms with Crippen LogP contribution in [0.4, 0.5) is 0 Å². The van der Waals surface area contributed by atoms with Crippen LogP contribution in [-0.4, -0.2) is 9.55 Å². The number of para-hydroxylation sites is 2. The number of fused-ring (bicyclic) bond motifs is 2. The number of rotatable bonds is 3. The molecule has 2 heterocycles. The van der Waals surface area contributed by atoms with Gasteiger partial charge in [-0.2, -0.15) is 0 Å². The molecule has 2 aromatic heterocycles. The number of benzene rings is 3. The van der Waals surface area contributed by atoms with Gasteiger partial charge in [-0.3, -0.25) is 0 Å². The minimum absolute atomic E-state index is 0.846. The molecule has 0 spiro atoms. The van der Waals surface area contributed by atoms with Crippen molar-refractivity contribution < 1.29 is 0 Å². The highest BCUT2D eigenvalue weighted by molar-refractivity contribution is 9.10. The van der Waals surface area contributed by atoms with Gasteiger partial charge >= 0.3 is 0 Å². The van der Waals surface area contributed by atoms with Gasteiger partial charge in [0.15, 0.2) is 0 Å². The van der Waals surface area contributed by atoms with E-state index in [-0.39, 0.29) is 0 Å². The van der Waals surface area contributed by atoms with Crippen LogP contribution >= 0.6 is 27.3 Å². The average molecular weight is 419 g/mol. The van der Waals surface area contributed by atoms with E-state index in [4.69, 9.17) is 4.98 Å². The Kier molecular flexibility index (Phi) is 3.88. The molecule has 0 aliphatic carbocycles. The molecule has 4 heteroatoms. The van der Waals surface area contributed by atoms with Crippen LogP contribution in [0.25, 0.3) is 31.7 Å². The number of halogens is 1. The molecule has 5 rings (SSSR count). The van der Waals surface area contributed by atoms with Crippen LogP contribution in [0, 0.1) is 0 Å². The second-order valence-electron chi connectivity index (χ2n) is 6.30.